The Morgan fingerprint density at radius 3 is 2.86 bits per heavy atom. The number of fused-ring (bicyclic) bond motifs is 1. The summed E-state index contributed by atoms with van der Waals surface area (Å²) < 4.78 is 31.3. The molecule has 6 heteroatoms. The quantitative estimate of drug-likeness (QED) is 0.799. The zero-order chi connectivity index (χ0) is 14.8. The Balaban J connectivity index is 1.81. The molecule has 0 bridgehead atoms. The summed E-state index contributed by atoms with van der Waals surface area (Å²) in [7, 11) is 0. The van der Waals surface area contributed by atoms with E-state index in [4.69, 9.17) is 10.5 Å². The van der Waals surface area contributed by atoms with Crippen molar-refractivity contribution < 1.29 is 13.5 Å². The van der Waals surface area contributed by atoms with Crippen molar-refractivity contribution >= 4 is 11.0 Å². The van der Waals surface area contributed by atoms with Crippen molar-refractivity contribution in [2.75, 3.05) is 13.2 Å². The van der Waals surface area contributed by atoms with Crippen molar-refractivity contribution in [3.63, 3.8) is 0 Å². The lowest BCUT2D eigenvalue weighted by Gasteiger charge is -2.08. The molecule has 1 saturated carbocycles. The average molecular weight is 295 g/mol. The van der Waals surface area contributed by atoms with Gasteiger partial charge in [-0.05, 0) is 30.5 Å². The second-order valence-corrected chi connectivity index (χ2v) is 5.37. The SMILES string of the molecule is NCc1ccc2c(c1)nc(CCOCC(F)F)n2C1CC1. The predicted octanol–water partition coefficient (Wildman–Crippen LogP) is 2.65. The number of ether oxygens (including phenoxy) is 1. The molecule has 4 nitrogen and oxygen atoms in total. The zero-order valence-electron chi connectivity index (χ0n) is 11.8. The molecule has 1 fully saturated rings. The van der Waals surface area contributed by atoms with E-state index >= 15 is 0 Å². The Morgan fingerprint density at radius 2 is 2.19 bits per heavy atom. The second-order valence-electron chi connectivity index (χ2n) is 5.37. The van der Waals surface area contributed by atoms with Crippen LogP contribution in [0.1, 0.15) is 30.3 Å². The Labute approximate surface area is 121 Å². The molecule has 1 aliphatic rings. The van der Waals surface area contributed by atoms with E-state index < -0.39 is 13.0 Å². The number of hydrogen-bond acceptors (Lipinski definition) is 3. The molecular weight excluding hydrogens is 276 g/mol. The van der Waals surface area contributed by atoms with Crippen LogP contribution in [0, 0.1) is 0 Å². The number of rotatable bonds is 7. The van der Waals surface area contributed by atoms with Crippen LogP contribution in [-0.4, -0.2) is 29.2 Å². The van der Waals surface area contributed by atoms with E-state index in [1.165, 1.54) is 0 Å². The summed E-state index contributed by atoms with van der Waals surface area (Å²) in [6.45, 7) is 0.240. The predicted molar refractivity (Wildman–Crippen MR) is 76.4 cm³/mol. The highest BCUT2D eigenvalue weighted by Gasteiger charge is 2.28. The smallest absolute Gasteiger partial charge is 0.261 e. The Morgan fingerprint density at radius 1 is 1.38 bits per heavy atom. The first-order chi connectivity index (χ1) is 10.2. The van der Waals surface area contributed by atoms with Gasteiger partial charge in [0.2, 0.25) is 0 Å². The van der Waals surface area contributed by atoms with Gasteiger partial charge in [0, 0.05) is 19.0 Å². The molecule has 1 heterocycles. The van der Waals surface area contributed by atoms with Crippen LogP contribution in [0.3, 0.4) is 0 Å². The highest BCUT2D eigenvalue weighted by Crippen LogP contribution is 2.38. The maximum absolute atomic E-state index is 12.1. The van der Waals surface area contributed by atoms with Crippen LogP contribution in [0.25, 0.3) is 11.0 Å². The molecule has 0 radical (unpaired) electrons. The van der Waals surface area contributed by atoms with Crippen molar-refractivity contribution in [1.29, 1.82) is 0 Å². The second kappa shape index (κ2) is 6.07. The van der Waals surface area contributed by atoms with Crippen LogP contribution in [0.15, 0.2) is 18.2 Å². The molecule has 1 aromatic heterocycles. The van der Waals surface area contributed by atoms with E-state index in [2.05, 4.69) is 9.55 Å². The van der Waals surface area contributed by atoms with Crippen molar-refractivity contribution in [2.45, 2.75) is 38.3 Å². The highest BCUT2D eigenvalue weighted by molar-refractivity contribution is 5.77. The molecule has 2 N–H and O–H groups in total. The average Bonchev–Trinajstić information content (AvgIpc) is 3.24. The number of benzene rings is 1. The van der Waals surface area contributed by atoms with Crippen LogP contribution < -0.4 is 5.73 Å². The van der Waals surface area contributed by atoms with E-state index in [-0.39, 0.29) is 6.61 Å². The van der Waals surface area contributed by atoms with E-state index in [0.717, 1.165) is 35.3 Å². The molecule has 0 atom stereocenters. The molecule has 2 aromatic rings. The molecule has 3 rings (SSSR count). The van der Waals surface area contributed by atoms with Crippen LogP contribution in [0.5, 0.6) is 0 Å². The summed E-state index contributed by atoms with van der Waals surface area (Å²) in [6.07, 6.45) is 0.430. The summed E-state index contributed by atoms with van der Waals surface area (Å²) in [4.78, 5) is 4.64. The van der Waals surface area contributed by atoms with Gasteiger partial charge < -0.3 is 15.0 Å². The number of aromatic nitrogens is 2. The molecule has 0 spiro atoms. The number of nitrogens with zero attached hydrogens (tertiary/aromatic N) is 2. The van der Waals surface area contributed by atoms with Gasteiger partial charge in [-0.15, -0.1) is 0 Å². The van der Waals surface area contributed by atoms with Gasteiger partial charge in [-0.1, -0.05) is 6.07 Å². The van der Waals surface area contributed by atoms with E-state index in [0.29, 0.717) is 19.0 Å². The van der Waals surface area contributed by atoms with Gasteiger partial charge in [-0.25, -0.2) is 13.8 Å². The first-order valence-corrected chi connectivity index (χ1v) is 7.24. The van der Waals surface area contributed by atoms with Crippen LogP contribution in [0.4, 0.5) is 8.78 Å². The fourth-order valence-electron chi connectivity index (χ4n) is 2.57. The summed E-state index contributed by atoms with van der Waals surface area (Å²) >= 11 is 0. The molecular formula is C15H19F2N3O. The Hall–Kier alpha value is -1.53. The number of hydrogen-bond donors (Lipinski definition) is 1. The standard InChI is InChI=1S/C15H19F2N3O/c16-14(17)9-21-6-5-15-19-12-7-10(8-18)1-4-13(12)20(15)11-2-3-11/h1,4,7,11,14H,2-3,5-6,8-9,18H2. The van der Waals surface area contributed by atoms with Crippen molar-refractivity contribution in [3.8, 4) is 0 Å². The fraction of sp³-hybridized carbons (Fsp3) is 0.533. The van der Waals surface area contributed by atoms with Crippen molar-refractivity contribution in [3.05, 3.63) is 29.6 Å². The minimum absolute atomic E-state index is 0.268. The van der Waals surface area contributed by atoms with Gasteiger partial charge in [0.15, 0.2) is 0 Å². The van der Waals surface area contributed by atoms with Gasteiger partial charge in [0.25, 0.3) is 6.43 Å². The van der Waals surface area contributed by atoms with Gasteiger partial charge in [0.05, 0.1) is 17.6 Å². The third-order valence-corrected chi connectivity index (χ3v) is 3.69. The van der Waals surface area contributed by atoms with Gasteiger partial charge in [0.1, 0.15) is 12.4 Å². The largest absolute Gasteiger partial charge is 0.375 e. The van der Waals surface area contributed by atoms with Gasteiger partial charge >= 0.3 is 0 Å². The molecule has 0 aliphatic heterocycles. The minimum Gasteiger partial charge on any atom is -0.375 e. The molecule has 1 aliphatic carbocycles. The monoisotopic (exact) mass is 295 g/mol. The zero-order valence-corrected chi connectivity index (χ0v) is 11.8. The number of nitrogens with two attached hydrogens (primary N) is 1. The topological polar surface area (TPSA) is 53.1 Å². The third kappa shape index (κ3) is 3.22. The van der Waals surface area contributed by atoms with E-state index in [1.54, 1.807) is 0 Å². The normalized spacial score (nSPS) is 15.2. The van der Waals surface area contributed by atoms with Crippen LogP contribution >= 0.6 is 0 Å². The van der Waals surface area contributed by atoms with Gasteiger partial charge in [-0.3, -0.25) is 0 Å². The number of alkyl halides is 2. The highest BCUT2D eigenvalue weighted by atomic mass is 19.3. The fourth-order valence-corrected chi connectivity index (χ4v) is 2.57. The van der Waals surface area contributed by atoms with Gasteiger partial charge in [-0.2, -0.15) is 0 Å². The van der Waals surface area contributed by atoms with Crippen LogP contribution in [-0.2, 0) is 17.7 Å². The maximum Gasteiger partial charge on any atom is 0.261 e. The molecule has 0 amide bonds. The first-order valence-electron chi connectivity index (χ1n) is 7.24. The molecule has 21 heavy (non-hydrogen) atoms. The van der Waals surface area contributed by atoms with E-state index in [9.17, 15) is 8.78 Å². The summed E-state index contributed by atoms with van der Waals surface area (Å²) in [5, 5.41) is 0. The Bertz CT molecular complexity index is 623. The lowest BCUT2D eigenvalue weighted by molar-refractivity contribution is 0.0181. The molecule has 0 saturated heterocycles. The summed E-state index contributed by atoms with van der Waals surface area (Å²) in [5.74, 6) is 0.913. The lowest BCUT2D eigenvalue weighted by atomic mass is 10.2. The van der Waals surface area contributed by atoms with E-state index in [1.807, 2.05) is 18.2 Å². The van der Waals surface area contributed by atoms with Crippen LogP contribution in [0.2, 0.25) is 0 Å². The number of halogens is 2. The minimum atomic E-state index is -2.42. The maximum atomic E-state index is 12.1. The molecule has 0 unspecified atom stereocenters. The summed E-state index contributed by atoms with van der Waals surface area (Å²) in [6, 6.07) is 6.55. The number of imidazole rings is 1. The van der Waals surface area contributed by atoms with Crippen molar-refractivity contribution in [2.24, 2.45) is 5.73 Å². The lowest BCUT2D eigenvalue weighted by Crippen LogP contribution is -2.10. The first kappa shape index (κ1) is 14.4. The third-order valence-electron chi connectivity index (χ3n) is 3.69. The Kier molecular flexibility index (Phi) is 4.17. The molecule has 114 valence electrons. The molecule has 1 aromatic carbocycles. The van der Waals surface area contributed by atoms with Crippen molar-refractivity contribution in [1.82, 2.24) is 9.55 Å². The summed E-state index contributed by atoms with van der Waals surface area (Å²) in [5.41, 5.74) is 8.72.